The maximum Gasteiger partial charge on any atom is 0.417 e. The van der Waals surface area contributed by atoms with Crippen molar-refractivity contribution in [2.24, 2.45) is 0 Å². The zero-order chi connectivity index (χ0) is 22.6. The summed E-state index contributed by atoms with van der Waals surface area (Å²) in [5.41, 5.74) is -0.865. The highest BCUT2D eigenvalue weighted by molar-refractivity contribution is 7.80. The second kappa shape index (κ2) is 10.0. The number of likely N-dealkylation sites (tertiary alicyclic amines) is 2. The Labute approximate surface area is 189 Å². The number of nitrogens with one attached hydrogen (secondary N) is 2. The highest BCUT2D eigenvalue weighted by Gasteiger charge is 2.34. The van der Waals surface area contributed by atoms with Gasteiger partial charge >= 0.3 is 6.18 Å². The highest BCUT2D eigenvalue weighted by Crippen LogP contribution is 2.36. The Kier molecular flexibility index (Phi) is 7.64. The lowest BCUT2D eigenvalue weighted by molar-refractivity contribution is -0.140. The van der Waals surface area contributed by atoms with Gasteiger partial charge in [0.05, 0.1) is 17.1 Å². The molecule has 0 aromatic heterocycles. The maximum atomic E-state index is 13.1. The monoisotopic (exact) mass is 476 g/mol. The number of thiocarbonyl (C=S) groups is 1. The van der Waals surface area contributed by atoms with Crippen molar-refractivity contribution in [1.29, 1.82) is 0 Å². The average Bonchev–Trinajstić information content (AvgIpc) is 3.19. The van der Waals surface area contributed by atoms with Gasteiger partial charge < -0.3 is 20.4 Å². The summed E-state index contributed by atoms with van der Waals surface area (Å²) >= 11 is 10.9. The molecule has 1 unspecified atom stereocenters. The summed E-state index contributed by atoms with van der Waals surface area (Å²) < 4.78 is 39.2. The minimum atomic E-state index is -4.59. The predicted octanol–water partition coefficient (Wildman–Crippen LogP) is 3.65. The van der Waals surface area contributed by atoms with Crippen LogP contribution >= 0.6 is 23.8 Å². The standard InChI is InChI=1S/C20H24ClF3N4O2S/c21-15-7-6-13(11-14(15)20(22,23)24)25-19(31)26-16-5-1-2-10-28(18(16)30)12-17(29)27-8-3-4-9-27/h6-7,11,16H,1-5,8-10,12H2,(H2,25,26,31). The third-order valence-electron chi connectivity index (χ3n) is 5.40. The topological polar surface area (TPSA) is 64.7 Å². The van der Waals surface area contributed by atoms with E-state index in [2.05, 4.69) is 10.6 Å². The third-order valence-corrected chi connectivity index (χ3v) is 5.95. The summed E-state index contributed by atoms with van der Waals surface area (Å²) in [6.07, 6.45) is -0.592. The molecule has 0 aliphatic carbocycles. The van der Waals surface area contributed by atoms with Gasteiger partial charge in [0.2, 0.25) is 11.8 Å². The summed E-state index contributed by atoms with van der Waals surface area (Å²) in [5.74, 6) is -0.297. The molecule has 6 nitrogen and oxygen atoms in total. The molecule has 2 aliphatic heterocycles. The molecule has 3 rings (SSSR count). The van der Waals surface area contributed by atoms with E-state index in [4.69, 9.17) is 23.8 Å². The van der Waals surface area contributed by atoms with Crippen molar-refractivity contribution in [3.05, 3.63) is 28.8 Å². The number of amides is 2. The first-order chi connectivity index (χ1) is 14.6. The number of anilines is 1. The van der Waals surface area contributed by atoms with Crippen LogP contribution in [0.5, 0.6) is 0 Å². The van der Waals surface area contributed by atoms with Gasteiger partial charge in [-0.25, -0.2) is 0 Å². The minimum absolute atomic E-state index is 0.0292. The van der Waals surface area contributed by atoms with Crippen LogP contribution in [0.15, 0.2) is 18.2 Å². The van der Waals surface area contributed by atoms with Gasteiger partial charge in [-0.2, -0.15) is 13.2 Å². The molecule has 31 heavy (non-hydrogen) atoms. The van der Waals surface area contributed by atoms with Crippen molar-refractivity contribution in [3.8, 4) is 0 Å². The number of halogens is 4. The van der Waals surface area contributed by atoms with Crippen molar-refractivity contribution in [2.75, 3.05) is 31.5 Å². The van der Waals surface area contributed by atoms with Crippen molar-refractivity contribution in [3.63, 3.8) is 0 Å². The minimum Gasteiger partial charge on any atom is -0.351 e. The lowest BCUT2D eigenvalue weighted by Crippen LogP contribution is -2.51. The number of benzene rings is 1. The number of rotatable bonds is 4. The van der Waals surface area contributed by atoms with Crippen LogP contribution in [0.3, 0.4) is 0 Å². The summed E-state index contributed by atoms with van der Waals surface area (Å²) in [7, 11) is 0. The van der Waals surface area contributed by atoms with Crippen LogP contribution in [-0.2, 0) is 15.8 Å². The van der Waals surface area contributed by atoms with Gasteiger partial charge in [0, 0.05) is 25.3 Å². The van der Waals surface area contributed by atoms with Crippen LogP contribution in [-0.4, -0.2) is 58.9 Å². The summed E-state index contributed by atoms with van der Waals surface area (Å²) in [6.45, 7) is 1.96. The van der Waals surface area contributed by atoms with E-state index in [1.54, 1.807) is 4.90 Å². The fraction of sp³-hybridized carbons (Fsp3) is 0.550. The molecule has 170 valence electrons. The first kappa shape index (κ1) is 23.6. The Morgan fingerprint density at radius 3 is 2.52 bits per heavy atom. The van der Waals surface area contributed by atoms with Crippen molar-refractivity contribution in [2.45, 2.75) is 44.3 Å². The van der Waals surface area contributed by atoms with Crippen LogP contribution < -0.4 is 10.6 Å². The van der Waals surface area contributed by atoms with Crippen LogP contribution in [0.2, 0.25) is 5.02 Å². The van der Waals surface area contributed by atoms with Crippen LogP contribution in [0.4, 0.5) is 18.9 Å². The number of alkyl halides is 3. The fourth-order valence-corrected chi connectivity index (χ4v) is 4.26. The third kappa shape index (κ3) is 6.22. The van der Waals surface area contributed by atoms with E-state index in [-0.39, 0.29) is 29.2 Å². The molecule has 0 saturated carbocycles. The molecule has 2 amide bonds. The molecule has 2 N–H and O–H groups in total. The number of nitrogens with zero attached hydrogens (tertiary/aromatic N) is 2. The van der Waals surface area contributed by atoms with E-state index in [9.17, 15) is 22.8 Å². The van der Waals surface area contributed by atoms with E-state index in [0.29, 0.717) is 13.0 Å². The predicted molar refractivity (Wildman–Crippen MR) is 116 cm³/mol. The molecule has 1 aromatic rings. The van der Waals surface area contributed by atoms with Gasteiger partial charge in [-0.15, -0.1) is 0 Å². The van der Waals surface area contributed by atoms with E-state index < -0.39 is 22.8 Å². The molecule has 2 aliphatic rings. The van der Waals surface area contributed by atoms with Gasteiger partial charge in [-0.1, -0.05) is 11.6 Å². The lowest BCUT2D eigenvalue weighted by Gasteiger charge is -2.27. The van der Waals surface area contributed by atoms with E-state index in [0.717, 1.165) is 50.9 Å². The first-order valence-electron chi connectivity index (χ1n) is 10.2. The number of carbonyl (C=O) groups excluding carboxylic acids is 2. The highest BCUT2D eigenvalue weighted by atomic mass is 35.5. The first-order valence-corrected chi connectivity index (χ1v) is 10.9. The summed E-state index contributed by atoms with van der Waals surface area (Å²) in [6, 6.07) is 2.73. The lowest BCUT2D eigenvalue weighted by atomic mass is 10.1. The van der Waals surface area contributed by atoms with Gasteiger partial charge in [-0.3, -0.25) is 9.59 Å². The second-order valence-corrected chi connectivity index (χ2v) is 8.50. The number of hydrogen-bond acceptors (Lipinski definition) is 3. The Morgan fingerprint density at radius 2 is 1.84 bits per heavy atom. The Morgan fingerprint density at radius 1 is 1.16 bits per heavy atom. The molecule has 2 saturated heterocycles. The van der Waals surface area contributed by atoms with Gasteiger partial charge in [0.1, 0.15) is 6.04 Å². The zero-order valence-corrected chi connectivity index (χ0v) is 18.4. The normalized spacial score (nSPS) is 19.9. The average molecular weight is 477 g/mol. The van der Waals surface area contributed by atoms with Gasteiger partial charge in [-0.05, 0) is 62.5 Å². The molecular weight excluding hydrogens is 453 g/mol. The molecule has 0 spiro atoms. The van der Waals surface area contributed by atoms with Crippen molar-refractivity contribution >= 4 is 46.4 Å². The van der Waals surface area contributed by atoms with E-state index in [1.165, 1.54) is 11.0 Å². The summed E-state index contributed by atoms with van der Waals surface area (Å²) in [5, 5.41) is 5.20. The quantitative estimate of drug-likeness (QED) is 0.649. The van der Waals surface area contributed by atoms with Crippen LogP contribution in [0, 0.1) is 0 Å². The molecule has 11 heteroatoms. The molecule has 2 fully saturated rings. The molecule has 0 radical (unpaired) electrons. The maximum absolute atomic E-state index is 13.1. The Bertz CT molecular complexity index is 846. The Hall–Kier alpha value is -2.07. The van der Waals surface area contributed by atoms with Crippen LogP contribution in [0.1, 0.15) is 37.7 Å². The van der Waals surface area contributed by atoms with Crippen molar-refractivity contribution < 1.29 is 22.8 Å². The molecule has 1 atom stereocenters. The molecule has 0 bridgehead atoms. The zero-order valence-electron chi connectivity index (χ0n) is 16.8. The van der Waals surface area contributed by atoms with Gasteiger partial charge in [0.25, 0.3) is 0 Å². The molecule has 2 heterocycles. The van der Waals surface area contributed by atoms with Crippen molar-refractivity contribution in [1.82, 2.24) is 15.1 Å². The second-order valence-electron chi connectivity index (χ2n) is 7.69. The van der Waals surface area contributed by atoms with E-state index >= 15 is 0 Å². The molecule has 1 aromatic carbocycles. The fourth-order valence-electron chi connectivity index (χ4n) is 3.77. The molecular formula is C20H24ClF3N4O2S. The van der Waals surface area contributed by atoms with Gasteiger partial charge in [0.15, 0.2) is 5.11 Å². The number of hydrogen-bond donors (Lipinski definition) is 2. The van der Waals surface area contributed by atoms with E-state index in [1.807, 2.05) is 0 Å². The smallest absolute Gasteiger partial charge is 0.351 e. The Balaban J connectivity index is 1.62. The largest absolute Gasteiger partial charge is 0.417 e. The number of carbonyl (C=O) groups is 2. The SMILES string of the molecule is O=C(CN1CCCCC(NC(=S)Nc2ccc(Cl)c(C(F)(F)F)c2)C1=O)N1CCCC1. The van der Waals surface area contributed by atoms with Crippen LogP contribution in [0.25, 0.3) is 0 Å². The summed E-state index contributed by atoms with van der Waals surface area (Å²) in [4.78, 5) is 28.7.